The van der Waals surface area contributed by atoms with Crippen LogP contribution in [0.5, 0.6) is 0 Å². The lowest BCUT2D eigenvalue weighted by Gasteiger charge is -2.15. The van der Waals surface area contributed by atoms with Crippen LogP contribution in [0.15, 0.2) is 18.2 Å². The number of nitrogens with one attached hydrogen (secondary N) is 3. The minimum atomic E-state index is -0.277. The van der Waals surface area contributed by atoms with Gasteiger partial charge in [-0.15, -0.1) is 0 Å². The zero-order valence-corrected chi connectivity index (χ0v) is 15.2. The van der Waals surface area contributed by atoms with Gasteiger partial charge in [-0.05, 0) is 33.0 Å². The Bertz CT molecular complexity index is 556. The maximum absolute atomic E-state index is 12.4. The molecule has 24 heavy (non-hydrogen) atoms. The van der Waals surface area contributed by atoms with E-state index in [1.54, 1.807) is 19.9 Å². The summed E-state index contributed by atoms with van der Waals surface area (Å²) in [6.07, 6.45) is 0. The Balaban J connectivity index is 2.94. The van der Waals surface area contributed by atoms with E-state index in [0.29, 0.717) is 24.2 Å². The van der Waals surface area contributed by atoms with E-state index in [9.17, 15) is 9.59 Å². The summed E-state index contributed by atoms with van der Waals surface area (Å²) in [5.74, 6) is -0.644. The Kier molecular flexibility index (Phi) is 8.26. The molecule has 0 atom stereocenters. The summed E-state index contributed by atoms with van der Waals surface area (Å²) in [6.45, 7) is 8.94. The number of hydrogen-bond donors (Lipinski definition) is 3. The fourth-order valence-corrected chi connectivity index (χ4v) is 2.05. The molecule has 6 nitrogen and oxygen atoms in total. The van der Waals surface area contributed by atoms with Gasteiger partial charge in [0.05, 0.1) is 5.92 Å². The van der Waals surface area contributed by atoms with Gasteiger partial charge in [0, 0.05) is 35.9 Å². The molecule has 1 aromatic carbocycles. The molecule has 0 aliphatic rings. The smallest absolute Gasteiger partial charge is 0.308 e. The van der Waals surface area contributed by atoms with Crippen LogP contribution in [0.4, 0.5) is 5.69 Å². The third kappa shape index (κ3) is 6.58. The highest BCUT2D eigenvalue weighted by Gasteiger charge is 2.15. The molecule has 0 heterocycles. The molecule has 1 amide bonds. The molecule has 0 saturated heterocycles. The van der Waals surface area contributed by atoms with Crippen molar-refractivity contribution in [3.8, 4) is 0 Å². The zero-order chi connectivity index (χ0) is 18.1. The lowest BCUT2D eigenvalue weighted by Crippen LogP contribution is -2.31. The first-order valence-electron chi connectivity index (χ1n) is 8.34. The number of carbonyl (C=O) groups excluding carboxylic acids is 2. The van der Waals surface area contributed by atoms with Crippen molar-refractivity contribution in [1.29, 1.82) is 0 Å². The summed E-state index contributed by atoms with van der Waals surface area (Å²) in [6, 6.07) is 5.77. The van der Waals surface area contributed by atoms with Crippen molar-refractivity contribution in [3.05, 3.63) is 29.3 Å². The number of rotatable bonds is 9. The highest BCUT2D eigenvalue weighted by atomic mass is 16.5. The van der Waals surface area contributed by atoms with Crippen molar-refractivity contribution in [2.24, 2.45) is 5.92 Å². The fraction of sp³-hybridized carbons (Fsp3) is 0.556. The normalized spacial score (nSPS) is 10.8. The van der Waals surface area contributed by atoms with E-state index >= 15 is 0 Å². The van der Waals surface area contributed by atoms with E-state index in [1.807, 2.05) is 33.0 Å². The molecule has 1 aromatic rings. The minimum absolute atomic E-state index is 0.0910. The number of benzene rings is 1. The van der Waals surface area contributed by atoms with Crippen LogP contribution < -0.4 is 16.0 Å². The molecule has 6 heteroatoms. The first-order valence-corrected chi connectivity index (χ1v) is 8.34. The first kappa shape index (κ1) is 20.0. The number of carbonyl (C=O) groups is 2. The van der Waals surface area contributed by atoms with Crippen LogP contribution >= 0.6 is 0 Å². The molecule has 0 aliphatic carbocycles. The van der Waals surface area contributed by atoms with E-state index in [-0.39, 0.29) is 30.4 Å². The Hall–Kier alpha value is -2.08. The Morgan fingerprint density at radius 3 is 2.42 bits per heavy atom. The molecule has 1 rings (SSSR count). The van der Waals surface area contributed by atoms with Crippen molar-refractivity contribution in [1.82, 2.24) is 10.6 Å². The largest absolute Gasteiger partial charge is 0.461 e. The van der Waals surface area contributed by atoms with E-state index in [1.165, 1.54) is 0 Å². The van der Waals surface area contributed by atoms with Crippen LogP contribution in [-0.4, -0.2) is 38.1 Å². The quantitative estimate of drug-likeness (QED) is 0.476. The van der Waals surface area contributed by atoms with Crippen molar-refractivity contribution in [2.75, 3.05) is 25.5 Å². The molecular formula is C18H29N3O3. The minimum Gasteiger partial charge on any atom is -0.461 e. The van der Waals surface area contributed by atoms with Crippen LogP contribution in [0, 0.1) is 5.92 Å². The van der Waals surface area contributed by atoms with Crippen LogP contribution in [0.1, 0.15) is 43.6 Å². The Labute approximate surface area is 144 Å². The summed E-state index contributed by atoms with van der Waals surface area (Å²) < 4.78 is 5.28. The third-order valence-corrected chi connectivity index (χ3v) is 3.31. The summed E-state index contributed by atoms with van der Waals surface area (Å²) in [7, 11) is 1.83. The standard InChI is InChI=1S/C18H29N3O3/c1-12(2)18(23)24-11-14-6-7-15(21-13(3)4)10-16(14)17(22)20-9-8-19-5/h6-7,10,12-13,19,21H,8-9,11H2,1-5H3,(H,20,22). The maximum Gasteiger partial charge on any atom is 0.308 e. The van der Waals surface area contributed by atoms with Gasteiger partial charge in [-0.2, -0.15) is 0 Å². The lowest BCUT2D eigenvalue weighted by molar-refractivity contribution is -0.148. The van der Waals surface area contributed by atoms with Crippen LogP contribution in [0.3, 0.4) is 0 Å². The second kappa shape index (κ2) is 9.93. The van der Waals surface area contributed by atoms with Crippen LogP contribution in [0.25, 0.3) is 0 Å². The van der Waals surface area contributed by atoms with Gasteiger partial charge in [0.15, 0.2) is 0 Å². The van der Waals surface area contributed by atoms with E-state index in [4.69, 9.17) is 4.74 Å². The summed E-state index contributed by atoms with van der Waals surface area (Å²) in [5, 5.41) is 9.12. The average Bonchev–Trinajstić information content (AvgIpc) is 2.52. The van der Waals surface area contributed by atoms with Crippen molar-refractivity contribution >= 4 is 17.6 Å². The Morgan fingerprint density at radius 1 is 1.12 bits per heavy atom. The van der Waals surface area contributed by atoms with Gasteiger partial charge in [-0.3, -0.25) is 9.59 Å². The zero-order valence-electron chi connectivity index (χ0n) is 15.2. The Morgan fingerprint density at radius 2 is 1.83 bits per heavy atom. The second-order valence-electron chi connectivity index (χ2n) is 6.29. The van der Waals surface area contributed by atoms with Crippen molar-refractivity contribution < 1.29 is 14.3 Å². The van der Waals surface area contributed by atoms with Crippen molar-refractivity contribution in [2.45, 2.75) is 40.3 Å². The predicted molar refractivity (Wildman–Crippen MR) is 96.1 cm³/mol. The van der Waals surface area contributed by atoms with E-state index < -0.39 is 0 Å². The summed E-state index contributed by atoms with van der Waals surface area (Å²) >= 11 is 0. The van der Waals surface area contributed by atoms with Gasteiger partial charge in [0.2, 0.25) is 0 Å². The topological polar surface area (TPSA) is 79.5 Å². The van der Waals surface area contributed by atoms with Gasteiger partial charge in [-0.1, -0.05) is 19.9 Å². The number of esters is 1. The van der Waals surface area contributed by atoms with E-state index in [0.717, 1.165) is 5.69 Å². The molecule has 0 aliphatic heterocycles. The molecule has 0 aromatic heterocycles. The maximum atomic E-state index is 12.4. The molecular weight excluding hydrogens is 306 g/mol. The van der Waals surface area contributed by atoms with Gasteiger partial charge < -0.3 is 20.7 Å². The van der Waals surface area contributed by atoms with Gasteiger partial charge in [0.25, 0.3) is 5.91 Å². The van der Waals surface area contributed by atoms with Crippen molar-refractivity contribution in [3.63, 3.8) is 0 Å². The van der Waals surface area contributed by atoms with Gasteiger partial charge in [0.1, 0.15) is 6.61 Å². The van der Waals surface area contributed by atoms with Gasteiger partial charge in [-0.25, -0.2) is 0 Å². The highest BCUT2D eigenvalue weighted by molar-refractivity contribution is 5.96. The van der Waals surface area contributed by atoms with Crippen LogP contribution in [-0.2, 0) is 16.1 Å². The number of hydrogen-bond acceptors (Lipinski definition) is 5. The lowest BCUT2D eigenvalue weighted by atomic mass is 10.1. The first-order chi connectivity index (χ1) is 11.3. The highest BCUT2D eigenvalue weighted by Crippen LogP contribution is 2.18. The third-order valence-electron chi connectivity index (χ3n) is 3.31. The molecule has 0 spiro atoms. The summed E-state index contributed by atoms with van der Waals surface area (Å²) in [5.41, 5.74) is 2.08. The molecule has 134 valence electrons. The molecule has 0 unspecified atom stereocenters. The van der Waals surface area contributed by atoms with E-state index in [2.05, 4.69) is 16.0 Å². The predicted octanol–water partition coefficient (Wildman–Crippen LogP) is 2.16. The molecule has 0 fully saturated rings. The fourth-order valence-electron chi connectivity index (χ4n) is 2.05. The molecule has 0 bridgehead atoms. The average molecular weight is 335 g/mol. The SMILES string of the molecule is CNCCNC(=O)c1cc(NC(C)C)ccc1COC(=O)C(C)C. The second-order valence-corrected chi connectivity index (χ2v) is 6.29. The van der Waals surface area contributed by atoms with Crippen LogP contribution in [0.2, 0.25) is 0 Å². The number of likely N-dealkylation sites (N-methyl/N-ethyl adjacent to an activating group) is 1. The molecule has 0 saturated carbocycles. The molecule has 0 radical (unpaired) electrons. The number of anilines is 1. The number of amides is 1. The van der Waals surface area contributed by atoms with Gasteiger partial charge >= 0.3 is 5.97 Å². The monoisotopic (exact) mass is 335 g/mol. The summed E-state index contributed by atoms with van der Waals surface area (Å²) in [4.78, 5) is 24.1. The molecule has 3 N–H and O–H groups in total. The number of ether oxygens (including phenoxy) is 1.